The van der Waals surface area contributed by atoms with E-state index < -0.39 is 0 Å². The second-order valence-electron chi connectivity index (χ2n) is 15.7. The van der Waals surface area contributed by atoms with E-state index in [0.29, 0.717) is 0 Å². The van der Waals surface area contributed by atoms with E-state index in [4.69, 9.17) is 0 Å². The van der Waals surface area contributed by atoms with E-state index in [2.05, 4.69) is 65.7 Å². The van der Waals surface area contributed by atoms with Crippen LogP contribution >= 0.6 is 0 Å². The van der Waals surface area contributed by atoms with E-state index in [1.807, 2.05) is 0 Å². The number of nitrogens with zero attached hydrogens (tertiary/aromatic N) is 2. The predicted molar refractivity (Wildman–Crippen MR) is 218 cm³/mol. The number of hydrogen-bond donors (Lipinski definition) is 0. The van der Waals surface area contributed by atoms with Gasteiger partial charge in [0.15, 0.2) is 0 Å². The molecule has 1 aromatic heterocycles. The Bertz CT molecular complexity index is 931. The Labute approximate surface area is 307 Å². The fourth-order valence-electron chi connectivity index (χ4n) is 7.78. The highest BCUT2D eigenvalue weighted by atomic mass is 15.1. The molecule has 0 fully saturated rings. The Morgan fingerprint density at radius 2 is 0.796 bits per heavy atom. The van der Waals surface area contributed by atoms with Gasteiger partial charge in [-0.3, -0.25) is 0 Å². The highest BCUT2D eigenvalue weighted by molar-refractivity contribution is 5.14. The lowest BCUT2D eigenvalue weighted by molar-refractivity contribution is -0.704. The zero-order chi connectivity index (χ0) is 34.7. The third-order valence-corrected chi connectivity index (χ3v) is 11.1. The molecule has 0 atom stereocenters. The number of aryl methyl sites for hydroxylation is 3. The molecule has 49 heavy (non-hydrogen) atoms. The van der Waals surface area contributed by atoms with Crippen LogP contribution in [-0.4, -0.2) is 4.57 Å². The molecule has 1 heterocycles. The maximum absolute atomic E-state index is 2.62. The molecule has 0 amide bonds. The van der Waals surface area contributed by atoms with Crippen molar-refractivity contribution in [3.63, 3.8) is 0 Å². The van der Waals surface area contributed by atoms with Crippen molar-refractivity contribution in [1.82, 2.24) is 4.57 Å². The molecule has 0 aliphatic rings. The summed E-state index contributed by atoms with van der Waals surface area (Å²) in [5.74, 6) is 1.59. The van der Waals surface area contributed by atoms with Crippen LogP contribution in [0.5, 0.6) is 0 Å². The Balaban J connectivity index is 1.57. The van der Waals surface area contributed by atoms with Crippen molar-refractivity contribution < 1.29 is 4.57 Å². The summed E-state index contributed by atoms with van der Waals surface area (Å²) in [6, 6.07) is 11.1. The fourth-order valence-corrected chi connectivity index (χ4v) is 7.78. The van der Waals surface area contributed by atoms with Crippen LogP contribution in [0.1, 0.15) is 231 Å². The number of hydrogen-bond acceptors (Lipinski definition) is 0. The lowest BCUT2D eigenvalue weighted by atomic mass is 10.0. The van der Waals surface area contributed by atoms with Crippen LogP contribution in [0.25, 0.3) is 0 Å². The van der Waals surface area contributed by atoms with Gasteiger partial charge in [-0.1, -0.05) is 224 Å². The minimum absolute atomic E-state index is 1.15. The topological polar surface area (TPSA) is 8.81 Å². The lowest BCUT2D eigenvalue weighted by Crippen LogP contribution is -2.37. The first-order chi connectivity index (χ1) is 24.3. The first kappa shape index (κ1) is 43.6. The molecule has 0 aliphatic carbocycles. The third-order valence-electron chi connectivity index (χ3n) is 11.1. The summed E-state index contributed by atoms with van der Waals surface area (Å²) in [6.07, 6.45) is 53.0. The van der Waals surface area contributed by atoms with Crippen LogP contribution in [0.4, 0.5) is 0 Å². The van der Waals surface area contributed by atoms with Crippen molar-refractivity contribution in [1.29, 1.82) is 0 Å². The second kappa shape index (κ2) is 33.6. The van der Waals surface area contributed by atoms with E-state index in [1.54, 1.807) is 5.82 Å². The third kappa shape index (κ3) is 25.1. The molecule has 0 spiro atoms. The minimum atomic E-state index is 1.15. The van der Waals surface area contributed by atoms with E-state index in [0.717, 1.165) is 6.54 Å². The van der Waals surface area contributed by atoms with Gasteiger partial charge >= 0.3 is 0 Å². The fraction of sp³-hybridized carbons (Fsp3) is 0.809. The maximum atomic E-state index is 2.62. The predicted octanol–water partition coefficient (Wildman–Crippen LogP) is 15.1. The quantitative estimate of drug-likeness (QED) is 0.0497. The molecule has 2 heteroatoms. The molecule has 0 aliphatic heterocycles. The standard InChI is InChI=1S/C47H85N2/c1-3-5-7-9-11-13-15-17-19-20-22-24-26-28-30-35-41-47-48(44-45-49(47)43-37-40-46-38-33-32-34-39-46)42-36-31-29-27-25-23-21-18-16-14-12-10-8-6-4-2/h32-34,38-39,44-45H,3-31,35-37,40-43H2,1-2H3/q+1. The summed E-state index contributed by atoms with van der Waals surface area (Å²) in [7, 11) is 0. The molecule has 1 aromatic carbocycles. The number of benzene rings is 1. The van der Waals surface area contributed by atoms with Gasteiger partial charge in [0, 0.05) is 6.42 Å². The molecule has 0 radical (unpaired) electrons. The van der Waals surface area contributed by atoms with Gasteiger partial charge in [0.1, 0.15) is 12.4 Å². The molecule has 2 aromatic rings. The maximum Gasteiger partial charge on any atom is 0.256 e. The molecule has 282 valence electrons. The average Bonchev–Trinajstić information content (AvgIpc) is 3.51. The van der Waals surface area contributed by atoms with Crippen molar-refractivity contribution in [3.05, 3.63) is 54.1 Å². The largest absolute Gasteiger partial charge is 0.256 e. The summed E-state index contributed by atoms with van der Waals surface area (Å²) in [5, 5.41) is 0. The Morgan fingerprint density at radius 3 is 1.22 bits per heavy atom. The van der Waals surface area contributed by atoms with Crippen LogP contribution in [0.2, 0.25) is 0 Å². The zero-order valence-corrected chi connectivity index (χ0v) is 33.4. The summed E-state index contributed by atoms with van der Waals surface area (Å²) in [6.45, 7) is 6.98. The molecule has 0 saturated carbocycles. The molecular weight excluding hydrogens is 593 g/mol. The Hall–Kier alpha value is -1.57. The van der Waals surface area contributed by atoms with Gasteiger partial charge in [0.2, 0.25) is 0 Å². The summed E-state index contributed by atoms with van der Waals surface area (Å²) in [4.78, 5) is 0. The van der Waals surface area contributed by atoms with E-state index in [-0.39, 0.29) is 0 Å². The van der Waals surface area contributed by atoms with Gasteiger partial charge in [-0.15, -0.1) is 0 Å². The molecular formula is C47H85N2+. The molecule has 0 bridgehead atoms. The Kier molecular flexibility index (Phi) is 29.9. The van der Waals surface area contributed by atoms with Gasteiger partial charge in [-0.05, 0) is 37.7 Å². The molecule has 0 saturated heterocycles. The SMILES string of the molecule is CCCCCCCCCCCCCCCCCCc1n(CCCCCCCCCCCCCCCCC)cc[n+]1CCCc1ccccc1. The molecule has 0 N–H and O–H groups in total. The van der Waals surface area contributed by atoms with Crippen molar-refractivity contribution >= 4 is 0 Å². The second-order valence-corrected chi connectivity index (χ2v) is 15.7. The van der Waals surface area contributed by atoms with Crippen LogP contribution in [0, 0.1) is 0 Å². The number of imidazole rings is 1. The smallest absolute Gasteiger partial charge is 0.234 e. The van der Waals surface area contributed by atoms with Crippen molar-refractivity contribution in [3.8, 4) is 0 Å². The normalized spacial score (nSPS) is 11.6. The van der Waals surface area contributed by atoms with Gasteiger partial charge in [-0.2, -0.15) is 0 Å². The summed E-state index contributed by atoms with van der Waals surface area (Å²) >= 11 is 0. The van der Waals surface area contributed by atoms with Crippen LogP contribution in [0.3, 0.4) is 0 Å². The highest BCUT2D eigenvalue weighted by Crippen LogP contribution is 2.16. The number of rotatable bonds is 37. The Morgan fingerprint density at radius 1 is 0.408 bits per heavy atom. The van der Waals surface area contributed by atoms with E-state index in [1.165, 1.54) is 230 Å². The average molecular weight is 678 g/mol. The number of aromatic nitrogens is 2. The van der Waals surface area contributed by atoms with E-state index >= 15 is 0 Å². The van der Waals surface area contributed by atoms with Crippen molar-refractivity contribution in [2.75, 3.05) is 0 Å². The molecule has 2 rings (SSSR count). The first-order valence-corrected chi connectivity index (χ1v) is 22.5. The van der Waals surface area contributed by atoms with Gasteiger partial charge < -0.3 is 0 Å². The van der Waals surface area contributed by atoms with Crippen molar-refractivity contribution in [2.45, 2.75) is 245 Å². The number of unbranched alkanes of at least 4 members (excludes halogenated alkanes) is 29. The zero-order valence-electron chi connectivity index (χ0n) is 33.4. The summed E-state index contributed by atoms with van der Waals surface area (Å²) in [5.41, 5.74) is 1.47. The van der Waals surface area contributed by atoms with Crippen LogP contribution < -0.4 is 4.57 Å². The lowest BCUT2D eigenvalue weighted by Gasteiger charge is -2.07. The van der Waals surface area contributed by atoms with Crippen LogP contribution in [-0.2, 0) is 25.9 Å². The van der Waals surface area contributed by atoms with Gasteiger partial charge in [0.25, 0.3) is 5.82 Å². The van der Waals surface area contributed by atoms with Gasteiger partial charge in [-0.25, -0.2) is 9.13 Å². The molecule has 0 unspecified atom stereocenters. The van der Waals surface area contributed by atoms with E-state index in [9.17, 15) is 0 Å². The monoisotopic (exact) mass is 678 g/mol. The van der Waals surface area contributed by atoms with Crippen molar-refractivity contribution in [2.24, 2.45) is 0 Å². The first-order valence-electron chi connectivity index (χ1n) is 22.5. The summed E-state index contributed by atoms with van der Waals surface area (Å²) < 4.78 is 5.22. The van der Waals surface area contributed by atoms with Crippen LogP contribution in [0.15, 0.2) is 42.7 Å². The molecule has 2 nitrogen and oxygen atoms in total. The minimum Gasteiger partial charge on any atom is -0.234 e. The van der Waals surface area contributed by atoms with Gasteiger partial charge in [0.05, 0.1) is 13.1 Å². The highest BCUT2D eigenvalue weighted by Gasteiger charge is 2.16.